The maximum atomic E-state index is 2.31. The lowest BCUT2D eigenvalue weighted by Gasteiger charge is -2.30. The lowest BCUT2D eigenvalue weighted by atomic mass is 9.70. The molecule has 5 aliphatic rings. The molecule has 0 atom stereocenters. The Morgan fingerprint density at radius 2 is 0.388 bits per heavy atom. The van der Waals surface area contributed by atoms with E-state index in [9.17, 15) is 0 Å². The van der Waals surface area contributed by atoms with Gasteiger partial charge in [-0.3, -0.25) is 0 Å². The number of fused-ring (bicyclic) bond motifs is 18. The minimum Gasteiger partial charge on any atom is -0.0683 e. The Hall–Kier alpha value is -11.2. The van der Waals surface area contributed by atoms with E-state index < -0.39 is 0 Å². The van der Waals surface area contributed by atoms with Crippen molar-refractivity contribution in [2.45, 2.75) is 113 Å². The highest BCUT2D eigenvalue weighted by Gasteiger charge is 2.51. The highest BCUT2D eigenvalue weighted by molar-refractivity contribution is 6.32. The first kappa shape index (κ1) is 67.6. The van der Waals surface area contributed by atoms with Crippen LogP contribution in [0, 0.1) is 27.7 Å². The summed E-state index contributed by atoms with van der Waals surface area (Å²) in [5.41, 5.74) is 31.8. The van der Waals surface area contributed by atoms with Gasteiger partial charge in [-0.25, -0.2) is 0 Å². The summed E-state index contributed by atoms with van der Waals surface area (Å²) in [6.07, 6.45) is 7.26. The maximum Gasteiger partial charge on any atom is 0.0725 e. The Bertz CT molecular complexity index is 5340. The van der Waals surface area contributed by atoms with E-state index in [1.165, 1.54) is 203 Å². The fraction of sp³-hybridized carbons (Fsp3) is 0.165. The average Bonchev–Trinajstić information content (AvgIpc) is 1.52. The summed E-state index contributed by atoms with van der Waals surface area (Å²) in [5, 5.41) is 19.3. The van der Waals surface area contributed by atoms with Gasteiger partial charge in [0.05, 0.1) is 5.41 Å². The molecule has 1 spiro atoms. The fourth-order valence-corrected chi connectivity index (χ4v) is 18.3. The largest absolute Gasteiger partial charge is 0.0725 e. The van der Waals surface area contributed by atoms with Crippen molar-refractivity contribution in [3.05, 3.63) is 381 Å². The van der Waals surface area contributed by atoms with Crippen molar-refractivity contribution in [3.63, 3.8) is 0 Å². The molecule has 0 heterocycles. The molecule has 0 saturated carbocycles. The smallest absolute Gasteiger partial charge is 0.0683 e. The van der Waals surface area contributed by atoms with Crippen molar-refractivity contribution in [2.75, 3.05) is 0 Å². The standard InChI is InChI=1S/C25H16.C22H20.C20H12.C16H14.C14H12.3C2H6/c1-5-13-21-17(9-1)18-10-2-6-14-22(18)25(21)23-15-7-3-11-19(23)20-12-4-8-16-24(20)25;1-13-17-9-5-6-10-18(17)15(3)22-16(4)20-12-8-7-11-19(20)14(2)21(13)22;1-5-13-6-2-11-17-18-12-4-8-14-7-3-10-16(20(14)18)15(9-1)19(13)17;1-3-11-7-9-13-5-2-6-14-10-8-12(4-1)15(11)16(13)14;1-3-7-13-11(5-1)9-10-12-6-2-4-8-14(12)13;3*1-2/h1-16H;5-12H,1-4H3;1-12H;1-6H,7-10H2;1-8H,9-10H2;3*1-2H3. The Labute approximate surface area is 610 Å². The van der Waals surface area contributed by atoms with Gasteiger partial charge in [-0.2, -0.15) is 0 Å². The highest BCUT2D eigenvalue weighted by atomic mass is 14.5. The van der Waals surface area contributed by atoms with Gasteiger partial charge in [0.15, 0.2) is 0 Å². The van der Waals surface area contributed by atoms with E-state index in [0.717, 1.165) is 0 Å². The third kappa shape index (κ3) is 11.3. The molecule has 22 rings (SSSR count). The molecule has 5 aliphatic carbocycles. The summed E-state index contributed by atoms with van der Waals surface area (Å²) in [4.78, 5) is 0. The summed E-state index contributed by atoms with van der Waals surface area (Å²) < 4.78 is 0. The lowest BCUT2D eigenvalue weighted by molar-refractivity contribution is 0.794. The van der Waals surface area contributed by atoms with Crippen LogP contribution in [0.4, 0.5) is 0 Å². The molecular formula is C103H92. The summed E-state index contributed by atoms with van der Waals surface area (Å²) in [6.45, 7) is 21.1. The van der Waals surface area contributed by atoms with E-state index in [1.807, 2.05) is 41.5 Å². The zero-order valence-corrected chi connectivity index (χ0v) is 61.6. The van der Waals surface area contributed by atoms with E-state index in [2.05, 4.69) is 331 Å². The van der Waals surface area contributed by atoms with Crippen LogP contribution in [0.15, 0.2) is 303 Å². The molecular weight excluding hydrogens is 1240 g/mol. The number of aryl methyl sites for hydroxylation is 10. The molecule has 0 aliphatic heterocycles. The molecule has 0 nitrogen and oxygen atoms in total. The molecule has 0 aromatic heterocycles. The minimum atomic E-state index is -0.180. The predicted molar refractivity (Wildman–Crippen MR) is 448 cm³/mol. The minimum absolute atomic E-state index is 0.180. The van der Waals surface area contributed by atoms with Crippen LogP contribution >= 0.6 is 0 Å². The Morgan fingerprint density at radius 3 is 0.670 bits per heavy atom. The highest BCUT2D eigenvalue weighted by Crippen LogP contribution is 2.62. The molecule has 0 unspecified atom stereocenters. The summed E-state index contributed by atoms with van der Waals surface area (Å²) >= 11 is 0. The molecule has 0 bridgehead atoms. The second kappa shape index (κ2) is 29.0. The molecule has 0 heteroatoms. The third-order valence-corrected chi connectivity index (χ3v) is 22.6. The van der Waals surface area contributed by atoms with Crippen molar-refractivity contribution in [3.8, 4) is 44.5 Å². The summed E-state index contributed by atoms with van der Waals surface area (Å²) in [5.74, 6) is 0. The first-order valence-electron chi connectivity index (χ1n) is 38.0. The maximum absolute atomic E-state index is 2.31. The fourth-order valence-electron chi connectivity index (χ4n) is 18.3. The monoisotopic (exact) mass is 1330 g/mol. The van der Waals surface area contributed by atoms with Crippen LogP contribution in [0.25, 0.3) is 120 Å². The Balaban J connectivity index is 0.000000103. The lowest BCUT2D eigenvalue weighted by Crippen LogP contribution is -2.25. The second-order valence-electron chi connectivity index (χ2n) is 27.4. The molecule has 17 aromatic rings. The van der Waals surface area contributed by atoms with E-state index in [0.29, 0.717) is 0 Å². The van der Waals surface area contributed by atoms with Crippen LogP contribution < -0.4 is 0 Å². The van der Waals surface area contributed by atoms with Crippen LogP contribution in [0.2, 0.25) is 0 Å². The number of hydrogen-bond donors (Lipinski definition) is 0. The van der Waals surface area contributed by atoms with Crippen LogP contribution in [0.3, 0.4) is 0 Å². The van der Waals surface area contributed by atoms with Gasteiger partial charge in [0, 0.05) is 0 Å². The Morgan fingerprint density at radius 1 is 0.184 bits per heavy atom. The van der Waals surface area contributed by atoms with Gasteiger partial charge < -0.3 is 0 Å². The van der Waals surface area contributed by atoms with E-state index in [4.69, 9.17) is 0 Å². The first-order valence-corrected chi connectivity index (χ1v) is 38.0. The SMILES string of the molecule is CC.CC.CC.Cc1c2ccccc2c(C)c2c(C)c3ccccc3c(C)c12.c1cc2c3c(c1)CCc1cccc(c1-3)CC2.c1cc2cccc3c4cccc5cccc(c(c1)c23)c54.c1ccc2c(c1)-c1ccccc1C21c2ccccc2-c2ccccc21.c1ccc2c(c1)CCc1ccccc1-2. The van der Waals surface area contributed by atoms with Gasteiger partial charge in [0.2, 0.25) is 0 Å². The average molecular weight is 1330 g/mol. The van der Waals surface area contributed by atoms with Crippen molar-refractivity contribution in [2.24, 2.45) is 0 Å². The zero-order chi connectivity index (χ0) is 70.9. The number of hydrogen-bond acceptors (Lipinski definition) is 0. The molecule has 103 heavy (non-hydrogen) atoms. The van der Waals surface area contributed by atoms with Gasteiger partial charge in [-0.05, 0) is 264 Å². The molecule has 504 valence electrons. The zero-order valence-electron chi connectivity index (χ0n) is 61.6. The number of rotatable bonds is 0. The van der Waals surface area contributed by atoms with Gasteiger partial charge in [-0.1, -0.05) is 345 Å². The molecule has 0 fully saturated rings. The van der Waals surface area contributed by atoms with Gasteiger partial charge in [0.1, 0.15) is 0 Å². The van der Waals surface area contributed by atoms with Crippen molar-refractivity contribution >= 4 is 75.4 Å². The topological polar surface area (TPSA) is 0 Å². The summed E-state index contributed by atoms with van der Waals surface area (Å²) in [7, 11) is 0. The van der Waals surface area contributed by atoms with Crippen LogP contribution in [-0.4, -0.2) is 0 Å². The molecule has 0 amide bonds. The van der Waals surface area contributed by atoms with Crippen LogP contribution in [-0.2, 0) is 43.9 Å². The van der Waals surface area contributed by atoms with Gasteiger partial charge >= 0.3 is 0 Å². The van der Waals surface area contributed by atoms with Crippen molar-refractivity contribution in [1.29, 1.82) is 0 Å². The van der Waals surface area contributed by atoms with Crippen molar-refractivity contribution in [1.82, 2.24) is 0 Å². The number of benzene rings is 17. The third-order valence-electron chi connectivity index (χ3n) is 22.6. The van der Waals surface area contributed by atoms with E-state index in [-0.39, 0.29) is 5.41 Å². The first-order chi connectivity index (χ1) is 50.8. The predicted octanol–water partition coefficient (Wildman–Crippen LogP) is 28.2. The van der Waals surface area contributed by atoms with E-state index >= 15 is 0 Å². The second-order valence-corrected chi connectivity index (χ2v) is 27.4. The molecule has 0 N–H and O–H groups in total. The normalized spacial score (nSPS) is 12.8. The molecule has 0 radical (unpaired) electrons. The van der Waals surface area contributed by atoms with Crippen LogP contribution in [0.5, 0.6) is 0 Å². The molecule has 17 aromatic carbocycles. The van der Waals surface area contributed by atoms with Crippen LogP contribution in [0.1, 0.15) is 119 Å². The quantitative estimate of drug-likeness (QED) is 0.105. The summed E-state index contributed by atoms with van der Waals surface area (Å²) in [6, 6.07) is 111. The van der Waals surface area contributed by atoms with E-state index in [1.54, 1.807) is 33.4 Å². The Kier molecular flexibility index (Phi) is 19.1. The van der Waals surface area contributed by atoms with Crippen molar-refractivity contribution < 1.29 is 0 Å². The van der Waals surface area contributed by atoms with Gasteiger partial charge in [0.25, 0.3) is 0 Å². The molecule has 0 saturated heterocycles. The van der Waals surface area contributed by atoms with Gasteiger partial charge in [-0.15, -0.1) is 0 Å².